The van der Waals surface area contributed by atoms with Crippen LogP contribution in [0.25, 0.3) is 22.2 Å². The van der Waals surface area contributed by atoms with Gasteiger partial charge in [0.1, 0.15) is 0 Å². The predicted molar refractivity (Wildman–Crippen MR) is 91.6 cm³/mol. The van der Waals surface area contributed by atoms with E-state index >= 15 is 0 Å². The Bertz CT molecular complexity index is 947. The Labute approximate surface area is 145 Å². The fourth-order valence-corrected chi connectivity index (χ4v) is 3.38. The van der Waals surface area contributed by atoms with Gasteiger partial charge in [-0.15, -0.1) is 21.5 Å². The molecule has 24 heavy (non-hydrogen) atoms. The van der Waals surface area contributed by atoms with E-state index in [9.17, 15) is 0 Å². The van der Waals surface area contributed by atoms with Crippen molar-refractivity contribution in [1.29, 1.82) is 0 Å². The van der Waals surface area contributed by atoms with Gasteiger partial charge in [-0.05, 0) is 30.0 Å². The maximum absolute atomic E-state index is 5.70. The Morgan fingerprint density at radius 1 is 1.12 bits per heavy atom. The molecule has 3 heterocycles. The van der Waals surface area contributed by atoms with Gasteiger partial charge in [0.05, 0.1) is 10.6 Å². The van der Waals surface area contributed by atoms with Crippen LogP contribution in [-0.4, -0.2) is 20.3 Å². The molecule has 0 aliphatic rings. The molecule has 0 aliphatic heterocycles. The normalized spacial score (nSPS) is 11.0. The standard InChI is InChI=1S/C16H12N4O2S2/c1-10-5-2-3-6-11(10)15-18-19-16(21-15)24-9-13-17-14(20-22-13)12-7-4-8-23-12/h2-8H,9H2,1H3. The zero-order valence-electron chi connectivity index (χ0n) is 12.7. The number of thioether (sulfide) groups is 1. The van der Waals surface area contributed by atoms with Crippen molar-refractivity contribution in [3.05, 3.63) is 53.2 Å². The van der Waals surface area contributed by atoms with E-state index < -0.39 is 0 Å². The molecule has 120 valence electrons. The fraction of sp³-hybridized carbons (Fsp3) is 0.125. The molecule has 1 aromatic carbocycles. The Kier molecular flexibility index (Phi) is 4.14. The summed E-state index contributed by atoms with van der Waals surface area (Å²) < 4.78 is 11.0. The highest BCUT2D eigenvalue weighted by atomic mass is 32.2. The van der Waals surface area contributed by atoms with Crippen LogP contribution in [0.3, 0.4) is 0 Å². The number of aryl methyl sites for hydroxylation is 1. The maximum atomic E-state index is 5.70. The van der Waals surface area contributed by atoms with Crippen LogP contribution in [0.5, 0.6) is 0 Å². The zero-order valence-corrected chi connectivity index (χ0v) is 14.3. The van der Waals surface area contributed by atoms with Gasteiger partial charge >= 0.3 is 0 Å². The number of aromatic nitrogens is 4. The van der Waals surface area contributed by atoms with Crippen molar-refractivity contribution >= 4 is 23.1 Å². The van der Waals surface area contributed by atoms with Crippen molar-refractivity contribution in [2.45, 2.75) is 17.9 Å². The third-order valence-corrected chi connectivity index (χ3v) is 4.98. The minimum atomic E-state index is 0.476. The molecule has 0 unspecified atom stereocenters. The van der Waals surface area contributed by atoms with Crippen LogP contribution in [0.4, 0.5) is 0 Å². The molecule has 6 nitrogen and oxygen atoms in total. The number of thiophene rings is 1. The average Bonchev–Trinajstić information content (AvgIpc) is 3.34. The molecule has 0 radical (unpaired) electrons. The second-order valence-corrected chi connectivity index (χ2v) is 6.84. The molecule has 4 aromatic rings. The van der Waals surface area contributed by atoms with Gasteiger partial charge in [-0.1, -0.05) is 41.2 Å². The monoisotopic (exact) mass is 356 g/mol. The van der Waals surface area contributed by atoms with E-state index in [0.717, 1.165) is 16.0 Å². The van der Waals surface area contributed by atoms with E-state index in [-0.39, 0.29) is 0 Å². The molecule has 0 bridgehead atoms. The van der Waals surface area contributed by atoms with Gasteiger partial charge in [0, 0.05) is 5.56 Å². The number of rotatable bonds is 5. The molecule has 8 heteroatoms. The summed E-state index contributed by atoms with van der Waals surface area (Å²) in [5, 5.41) is 14.6. The van der Waals surface area contributed by atoms with Crippen molar-refractivity contribution in [3.63, 3.8) is 0 Å². The molecular formula is C16H12N4O2S2. The van der Waals surface area contributed by atoms with Crippen molar-refractivity contribution in [1.82, 2.24) is 20.3 Å². The lowest BCUT2D eigenvalue weighted by atomic mass is 10.1. The second kappa shape index (κ2) is 6.58. The number of hydrogen-bond donors (Lipinski definition) is 0. The van der Waals surface area contributed by atoms with Gasteiger partial charge in [0.2, 0.25) is 17.6 Å². The molecule has 0 spiro atoms. The molecule has 0 saturated heterocycles. The van der Waals surface area contributed by atoms with E-state index in [1.54, 1.807) is 11.3 Å². The third-order valence-electron chi connectivity index (χ3n) is 3.31. The quantitative estimate of drug-likeness (QED) is 0.489. The Morgan fingerprint density at radius 2 is 2.04 bits per heavy atom. The molecule has 0 N–H and O–H groups in total. The summed E-state index contributed by atoms with van der Waals surface area (Å²) in [6.45, 7) is 2.01. The first kappa shape index (κ1) is 15.1. The number of nitrogens with zero attached hydrogens (tertiary/aromatic N) is 4. The van der Waals surface area contributed by atoms with E-state index in [1.165, 1.54) is 11.8 Å². The van der Waals surface area contributed by atoms with Crippen LogP contribution in [0.15, 0.2) is 55.9 Å². The van der Waals surface area contributed by atoms with Crippen LogP contribution in [0.2, 0.25) is 0 Å². The molecule has 0 aliphatic carbocycles. The lowest BCUT2D eigenvalue weighted by Crippen LogP contribution is -1.81. The maximum Gasteiger partial charge on any atom is 0.277 e. The Balaban J connectivity index is 1.45. The SMILES string of the molecule is Cc1ccccc1-c1nnc(SCc2nc(-c3cccs3)no2)o1. The zero-order chi connectivity index (χ0) is 16.4. The Morgan fingerprint density at radius 3 is 2.88 bits per heavy atom. The third kappa shape index (κ3) is 3.10. The van der Waals surface area contributed by atoms with E-state index in [2.05, 4.69) is 20.3 Å². The fourth-order valence-electron chi connectivity index (χ4n) is 2.13. The van der Waals surface area contributed by atoms with Crippen LogP contribution in [0, 0.1) is 6.92 Å². The highest BCUT2D eigenvalue weighted by molar-refractivity contribution is 7.98. The van der Waals surface area contributed by atoms with Gasteiger partial charge in [-0.2, -0.15) is 4.98 Å². The second-order valence-electron chi connectivity index (χ2n) is 4.97. The lowest BCUT2D eigenvalue weighted by molar-refractivity contribution is 0.391. The molecule has 0 atom stereocenters. The first-order chi connectivity index (χ1) is 11.8. The summed E-state index contributed by atoms with van der Waals surface area (Å²) >= 11 is 2.95. The van der Waals surface area contributed by atoms with Crippen molar-refractivity contribution in [3.8, 4) is 22.2 Å². The van der Waals surface area contributed by atoms with Crippen LogP contribution in [-0.2, 0) is 5.75 Å². The minimum absolute atomic E-state index is 0.476. The largest absolute Gasteiger partial charge is 0.411 e. The lowest BCUT2D eigenvalue weighted by Gasteiger charge is -1.98. The van der Waals surface area contributed by atoms with E-state index in [1.807, 2.05) is 48.7 Å². The molecule has 0 saturated carbocycles. The summed E-state index contributed by atoms with van der Waals surface area (Å²) in [5.41, 5.74) is 2.03. The molecule has 4 rings (SSSR count). The van der Waals surface area contributed by atoms with E-state index in [4.69, 9.17) is 8.94 Å². The van der Waals surface area contributed by atoms with Gasteiger partial charge in [0.25, 0.3) is 5.22 Å². The van der Waals surface area contributed by atoms with Crippen molar-refractivity contribution < 1.29 is 8.94 Å². The molecule has 0 fully saturated rings. The summed E-state index contributed by atoms with van der Waals surface area (Å²) in [4.78, 5) is 5.35. The topological polar surface area (TPSA) is 77.8 Å². The molecule has 0 amide bonds. The van der Waals surface area contributed by atoms with Crippen LogP contribution >= 0.6 is 23.1 Å². The van der Waals surface area contributed by atoms with Crippen molar-refractivity contribution in [2.24, 2.45) is 0 Å². The van der Waals surface area contributed by atoms with Crippen LogP contribution < -0.4 is 0 Å². The Hall–Kier alpha value is -2.45. The summed E-state index contributed by atoms with van der Waals surface area (Å²) in [7, 11) is 0. The first-order valence-electron chi connectivity index (χ1n) is 7.18. The number of benzene rings is 1. The highest BCUT2D eigenvalue weighted by Crippen LogP contribution is 2.28. The average molecular weight is 356 g/mol. The summed E-state index contributed by atoms with van der Waals surface area (Å²) in [6.07, 6.45) is 0. The highest BCUT2D eigenvalue weighted by Gasteiger charge is 2.14. The smallest absolute Gasteiger partial charge is 0.277 e. The van der Waals surface area contributed by atoms with Gasteiger partial charge in [-0.3, -0.25) is 0 Å². The molecule has 3 aromatic heterocycles. The van der Waals surface area contributed by atoms with Gasteiger partial charge < -0.3 is 8.94 Å². The first-order valence-corrected chi connectivity index (χ1v) is 9.05. The molecular weight excluding hydrogens is 344 g/mol. The van der Waals surface area contributed by atoms with E-state index in [0.29, 0.717) is 28.6 Å². The minimum Gasteiger partial charge on any atom is -0.411 e. The summed E-state index contributed by atoms with van der Waals surface area (Å²) in [6, 6.07) is 11.8. The number of hydrogen-bond acceptors (Lipinski definition) is 8. The van der Waals surface area contributed by atoms with Crippen LogP contribution in [0.1, 0.15) is 11.5 Å². The van der Waals surface area contributed by atoms with Gasteiger partial charge in [0.15, 0.2) is 0 Å². The summed E-state index contributed by atoms with van der Waals surface area (Å²) in [5.74, 6) is 2.12. The predicted octanol–water partition coefficient (Wildman–Crippen LogP) is 4.45. The van der Waals surface area contributed by atoms with Gasteiger partial charge in [-0.25, -0.2) is 0 Å². The van der Waals surface area contributed by atoms with Crippen molar-refractivity contribution in [2.75, 3.05) is 0 Å².